The maximum atomic E-state index is 13.0. The third kappa shape index (κ3) is 3.70. The van der Waals surface area contributed by atoms with Crippen LogP contribution in [0, 0.1) is 0 Å². The molecule has 2 aromatic carbocycles. The number of aryl methyl sites for hydroxylation is 1. The van der Waals surface area contributed by atoms with Crippen LogP contribution in [0.3, 0.4) is 0 Å². The lowest BCUT2D eigenvalue weighted by Gasteiger charge is -2.06. The lowest BCUT2D eigenvalue weighted by Crippen LogP contribution is -2.11. The molecule has 0 aliphatic carbocycles. The van der Waals surface area contributed by atoms with Gasteiger partial charge in [-0.25, -0.2) is 4.98 Å². The van der Waals surface area contributed by atoms with E-state index < -0.39 is 0 Å². The second-order valence-corrected chi connectivity index (χ2v) is 8.71. The molecule has 1 N–H and O–H groups in total. The van der Waals surface area contributed by atoms with E-state index in [1.807, 2.05) is 30.3 Å². The summed E-state index contributed by atoms with van der Waals surface area (Å²) in [4.78, 5) is 22.4. The van der Waals surface area contributed by atoms with Crippen LogP contribution < -0.4 is 5.56 Å². The van der Waals surface area contributed by atoms with Crippen LogP contribution in [0.25, 0.3) is 21.3 Å². The number of rotatable bonds is 4. The van der Waals surface area contributed by atoms with Crippen molar-refractivity contribution in [3.05, 3.63) is 84.2 Å². The van der Waals surface area contributed by atoms with Crippen LogP contribution in [0.2, 0.25) is 15.1 Å². The molecule has 0 aliphatic rings. The number of nitrogens with zero attached hydrogens (tertiary/aromatic N) is 1. The Hall–Kier alpha value is -1.85. The van der Waals surface area contributed by atoms with Crippen molar-refractivity contribution < 1.29 is 0 Å². The average molecular weight is 450 g/mol. The number of aromatic amines is 1. The summed E-state index contributed by atoms with van der Waals surface area (Å²) >= 11 is 19.7. The summed E-state index contributed by atoms with van der Waals surface area (Å²) in [7, 11) is 0. The van der Waals surface area contributed by atoms with Crippen molar-refractivity contribution >= 4 is 56.4 Å². The minimum Gasteiger partial charge on any atom is -0.310 e. The highest BCUT2D eigenvalue weighted by atomic mass is 35.5. The predicted molar refractivity (Wildman–Crippen MR) is 119 cm³/mol. The highest BCUT2D eigenvalue weighted by Crippen LogP contribution is 2.38. The third-order valence-electron chi connectivity index (χ3n) is 4.50. The van der Waals surface area contributed by atoms with Crippen LogP contribution in [0.15, 0.2) is 47.3 Å². The fourth-order valence-electron chi connectivity index (χ4n) is 3.18. The summed E-state index contributed by atoms with van der Waals surface area (Å²) in [5.74, 6) is 0.629. The van der Waals surface area contributed by atoms with Gasteiger partial charge >= 0.3 is 0 Å². The zero-order valence-electron chi connectivity index (χ0n) is 14.9. The Balaban J connectivity index is 1.84. The number of fused-ring (bicyclic) bond motifs is 1. The van der Waals surface area contributed by atoms with Crippen molar-refractivity contribution in [1.29, 1.82) is 0 Å². The minimum absolute atomic E-state index is 0.147. The van der Waals surface area contributed by atoms with E-state index in [-0.39, 0.29) is 5.56 Å². The molecule has 0 saturated carbocycles. The highest BCUT2D eigenvalue weighted by Gasteiger charge is 2.18. The van der Waals surface area contributed by atoms with Crippen molar-refractivity contribution in [2.75, 3.05) is 0 Å². The number of H-pyrrole nitrogens is 1. The summed E-state index contributed by atoms with van der Waals surface area (Å²) in [5, 5.41) is 2.22. The SMILES string of the molecule is CCc1sc2nc(Cc3ccc(Cl)cc3)[nH]c(=O)c2c1-c1ccc(Cl)c(Cl)c1. The highest BCUT2D eigenvalue weighted by molar-refractivity contribution is 7.19. The van der Waals surface area contributed by atoms with E-state index in [9.17, 15) is 4.79 Å². The molecule has 0 bridgehead atoms. The Morgan fingerprint density at radius 1 is 1.04 bits per heavy atom. The van der Waals surface area contributed by atoms with Gasteiger partial charge in [0.2, 0.25) is 0 Å². The molecule has 3 nitrogen and oxygen atoms in total. The Morgan fingerprint density at radius 2 is 1.79 bits per heavy atom. The Kier molecular flexibility index (Phi) is 5.48. The standard InChI is InChI=1S/C21H15Cl3N2OS/c1-2-16-18(12-5-8-14(23)15(24)10-12)19-20(27)25-17(26-21(19)28-16)9-11-3-6-13(22)7-4-11/h3-8,10H,2,9H2,1H3,(H,25,26,27). The number of aromatic nitrogens is 2. The van der Waals surface area contributed by atoms with Crippen LogP contribution >= 0.6 is 46.1 Å². The summed E-state index contributed by atoms with van der Waals surface area (Å²) in [6.07, 6.45) is 1.33. The number of thiophene rings is 1. The van der Waals surface area contributed by atoms with Crippen LogP contribution in [-0.2, 0) is 12.8 Å². The molecule has 7 heteroatoms. The van der Waals surface area contributed by atoms with Crippen molar-refractivity contribution in [3.63, 3.8) is 0 Å². The number of hydrogen-bond acceptors (Lipinski definition) is 3. The van der Waals surface area contributed by atoms with Gasteiger partial charge in [-0.05, 0) is 41.8 Å². The quantitative estimate of drug-likeness (QED) is 0.374. The number of halogens is 3. The van der Waals surface area contributed by atoms with E-state index in [4.69, 9.17) is 39.8 Å². The number of hydrogen-bond donors (Lipinski definition) is 1. The first-order valence-corrected chi connectivity index (χ1v) is 10.7. The molecule has 0 saturated heterocycles. The molecule has 0 amide bonds. The molecular formula is C21H15Cl3N2OS. The molecule has 2 aromatic heterocycles. The van der Waals surface area contributed by atoms with Gasteiger partial charge in [0.25, 0.3) is 5.56 Å². The van der Waals surface area contributed by atoms with Crippen molar-refractivity contribution in [2.45, 2.75) is 19.8 Å². The fraction of sp³-hybridized carbons (Fsp3) is 0.143. The van der Waals surface area contributed by atoms with E-state index in [2.05, 4.69) is 11.9 Å². The van der Waals surface area contributed by atoms with Gasteiger partial charge in [0.1, 0.15) is 10.7 Å². The van der Waals surface area contributed by atoms with Crippen LogP contribution in [0.1, 0.15) is 23.2 Å². The zero-order valence-corrected chi connectivity index (χ0v) is 17.9. The molecule has 28 heavy (non-hydrogen) atoms. The van der Waals surface area contributed by atoms with E-state index in [1.54, 1.807) is 23.5 Å². The molecule has 0 unspecified atom stereocenters. The largest absolute Gasteiger partial charge is 0.310 e. The maximum absolute atomic E-state index is 13.0. The first-order chi connectivity index (χ1) is 13.5. The summed E-state index contributed by atoms with van der Waals surface area (Å²) < 4.78 is 0. The zero-order chi connectivity index (χ0) is 19.8. The summed E-state index contributed by atoms with van der Waals surface area (Å²) in [5.41, 5.74) is 2.64. The maximum Gasteiger partial charge on any atom is 0.260 e. The second kappa shape index (κ2) is 7.88. The summed E-state index contributed by atoms with van der Waals surface area (Å²) in [6.45, 7) is 2.06. The second-order valence-electron chi connectivity index (χ2n) is 6.38. The molecule has 0 radical (unpaired) electrons. The van der Waals surface area contributed by atoms with E-state index in [0.29, 0.717) is 32.7 Å². The summed E-state index contributed by atoms with van der Waals surface area (Å²) in [6, 6.07) is 13.0. The van der Waals surface area contributed by atoms with Gasteiger partial charge < -0.3 is 4.98 Å². The molecule has 2 heterocycles. The molecule has 0 atom stereocenters. The average Bonchev–Trinajstić information content (AvgIpc) is 3.05. The van der Waals surface area contributed by atoms with Crippen molar-refractivity contribution in [2.24, 2.45) is 0 Å². The van der Waals surface area contributed by atoms with Crippen molar-refractivity contribution in [1.82, 2.24) is 9.97 Å². The molecule has 4 aromatic rings. The Morgan fingerprint density at radius 3 is 2.46 bits per heavy atom. The third-order valence-corrected chi connectivity index (χ3v) is 6.72. The monoisotopic (exact) mass is 448 g/mol. The fourth-order valence-corrected chi connectivity index (χ4v) is 4.76. The van der Waals surface area contributed by atoms with Gasteiger partial charge in [-0.15, -0.1) is 11.3 Å². The van der Waals surface area contributed by atoms with Gasteiger partial charge in [-0.3, -0.25) is 4.79 Å². The normalized spacial score (nSPS) is 11.3. The van der Waals surface area contributed by atoms with Gasteiger partial charge in [-0.1, -0.05) is 59.9 Å². The molecule has 0 fully saturated rings. The van der Waals surface area contributed by atoms with Gasteiger partial charge in [0.15, 0.2) is 0 Å². The Bertz CT molecular complexity index is 1230. The molecule has 4 rings (SSSR count). The van der Waals surface area contributed by atoms with Crippen molar-refractivity contribution in [3.8, 4) is 11.1 Å². The van der Waals surface area contributed by atoms with Gasteiger partial charge in [0, 0.05) is 21.9 Å². The van der Waals surface area contributed by atoms with E-state index >= 15 is 0 Å². The molecule has 0 spiro atoms. The van der Waals surface area contributed by atoms with E-state index in [1.165, 1.54) is 0 Å². The Labute approximate surface area is 180 Å². The molecular weight excluding hydrogens is 435 g/mol. The minimum atomic E-state index is -0.147. The molecule has 142 valence electrons. The van der Waals surface area contributed by atoms with Gasteiger partial charge in [0.05, 0.1) is 15.4 Å². The lowest BCUT2D eigenvalue weighted by atomic mass is 10.0. The van der Waals surface area contributed by atoms with Crippen LogP contribution in [0.5, 0.6) is 0 Å². The predicted octanol–water partition coefficient (Wildman–Crippen LogP) is 6.77. The topological polar surface area (TPSA) is 45.8 Å². The van der Waals surface area contributed by atoms with Gasteiger partial charge in [-0.2, -0.15) is 0 Å². The number of benzene rings is 2. The van der Waals surface area contributed by atoms with Crippen LogP contribution in [-0.4, -0.2) is 9.97 Å². The van der Waals surface area contributed by atoms with E-state index in [0.717, 1.165) is 32.8 Å². The molecule has 0 aliphatic heterocycles. The smallest absolute Gasteiger partial charge is 0.260 e. The number of nitrogens with one attached hydrogen (secondary N) is 1. The van der Waals surface area contributed by atoms with Crippen LogP contribution in [0.4, 0.5) is 0 Å². The first kappa shape index (κ1) is 19.5. The lowest BCUT2D eigenvalue weighted by molar-refractivity contribution is 0.977. The first-order valence-electron chi connectivity index (χ1n) is 8.70.